The van der Waals surface area contributed by atoms with Crippen molar-refractivity contribution in [1.29, 1.82) is 0 Å². The van der Waals surface area contributed by atoms with E-state index >= 15 is 0 Å². The van der Waals surface area contributed by atoms with Crippen LogP contribution in [0.2, 0.25) is 5.02 Å². The molecule has 1 heterocycles. The molecule has 0 amide bonds. The Labute approximate surface area is 154 Å². The third kappa shape index (κ3) is 3.63. The summed E-state index contributed by atoms with van der Waals surface area (Å²) in [6, 6.07) is 11.0. The van der Waals surface area contributed by atoms with E-state index in [0.717, 1.165) is 23.2 Å². The number of Topliss-reactive ketones (excluding diaryl/α,β-unsaturated/α-hetero) is 1. The summed E-state index contributed by atoms with van der Waals surface area (Å²) in [6.45, 7) is -0.486. The van der Waals surface area contributed by atoms with E-state index in [-0.39, 0.29) is 21.3 Å². The van der Waals surface area contributed by atoms with Gasteiger partial charge in [0.2, 0.25) is 5.78 Å². The summed E-state index contributed by atoms with van der Waals surface area (Å²) in [5, 5.41) is 0.771. The van der Waals surface area contributed by atoms with Crippen LogP contribution in [0.1, 0.15) is 20.7 Å². The third-order valence-corrected chi connectivity index (χ3v) is 5.25. The lowest BCUT2D eigenvalue weighted by atomic mass is 10.1. The number of ketones is 1. The maximum Gasteiger partial charge on any atom is 0.340 e. The largest absolute Gasteiger partial charge is 0.454 e. The fourth-order valence-electron chi connectivity index (χ4n) is 2.48. The first kappa shape index (κ1) is 18.2. The number of hydrogen-bond acceptors (Lipinski definition) is 5. The van der Waals surface area contributed by atoms with Gasteiger partial charge >= 0.3 is 5.97 Å². The zero-order valence-corrected chi connectivity index (χ0v) is 15.2. The van der Waals surface area contributed by atoms with Crippen molar-refractivity contribution in [3.8, 4) is 0 Å². The van der Waals surface area contributed by atoms with Crippen LogP contribution in [-0.4, -0.2) is 38.0 Å². The minimum atomic E-state index is -3.50. The maximum absolute atomic E-state index is 12.3. The number of esters is 1. The highest BCUT2D eigenvalue weighted by molar-refractivity contribution is 7.90. The number of benzene rings is 2. The highest BCUT2D eigenvalue weighted by atomic mass is 35.5. The zero-order valence-electron chi connectivity index (χ0n) is 13.7. The Balaban J connectivity index is 1.78. The normalized spacial score (nSPS) is 11.5. The number of carbonyl (C=O) groups is 2. The SMILES string of the molecule is CS(=O)(=O)c1ccc(Cl)c(C(=O)OCC(=O)c2c[nH]c3ccccc23)c1. The van der Waals surface area contributed by atoms with Gasteiger partial charge in [-0.15, -0.1) is 0 Å². The van der Waals surface area contributed by atoms with Crippen LogP contribution in [0.5, 0.6) is 0 Å². The van der Waals surface area contributed by atoms with Crippen LogP contribution in [0.3, 0.4) is 0 Å². The maximum atomic E-state index is 12.3. The molecule has 0 bridgehead atoms. The van der Waals surface area contributed by atoms with Crippen molar-refractivity contribution in [2.24, 2.45) is 0 Å². The Morgan fingerprint density at radius 2 is 1.85 bits per heavy atom. The molecular weight excluding hydrogens is 378 g/mol. The predicted molar refractivity (Wildman–Crippen MR) is 97.5 cm³/mol. The molecule has 0 atom stereocenters. The number of rotatable bonds is 5. The number of para-hydroxylation sites is 1. The number of fused-ring (bicyclic) bond motifs is 1. The third-order valence-electron chi connectivity index (χ3n) is 3.81. The summed E-state index contributed by atoms with van der Waals surface area (Å²) in [4.78, 5) is 27.5. The summed E-state index contributed by atoms with van der Waals surface area (Å²) in [5.41, 5.74) is 1.09. The zero-order chi connectivity index (χ0) is 18.9. The van der Waals surface area contributed by atoms with Crippen molar-refractivity contribution in [3.05, 3.63) is 64.8 Å². The molecule has 26 heavy (non-hydrogen) atoms. The molecule has 3 rings (SSSR count). The summed E-state index contributed by atoms with van der Waals surface area (Å²) in [7, 11) is -3.50. The molecule has 0 spiro atoms. The number of sulfone groups is 1. The summed E-state index contributed by atoms with van der Waals surface area (Å²) in [6.07, 6.45) is 2.57. The predicted octanol–water partition coefficient (Wildman–Crippen LogP) is 3.26. The summed E-state index contributed by atoms with van der Waals surface area (Å²) < 4.78 is 28.3. The number of halogens is 1. The van der Waals surface area contributed by atoms with Crippen molar-refractivity contribution >= 4 is 44.1 Å². The van der Waals surface area contributed by atoms with Crippen molar-refractivity contribution in [2.45, 2.75) is 4.90 Å². The van der Waals surface area contributed by atoms with E-state index < -0.39 is 22.4 Å². The van der Waals surface area contributed by atoms with Gasteiger partial charge in [-0.2, -0.15) is 0 Å². The monoisotopic (exact) mass is 391 g/mol. The van der Waals surface area contributed by atoms with E-state index in [4.69, 9.17) is 16.3 Å². The molecule has 0 aliphatic carbocycles. The van der Waals surface area contributed by atoms with E-state index in [1.54, 1.807) is 18.3 Å². The van der Waals surface area contributed by atoms with Gasteiger partial charge in [-0.25, -0.2) is 13.2 Å². The standard InChI is InChI=1S/C18H14ClNO5S/c1-26(23,24)11-6-7-15(19)13(8-11)18(22)25-10-17(21)14-9-20-16-5-3-2-4-12(14)16/h2-9,20H,10H2,1H3. The van der Waals surface area contributed by atoms with E-state index in [1.165, 1.54) is 12.1 Å². The van der Waals surface area contributed by atoms with Gasteiger partial charge in [0, 0.05) is 28.9 Å². The van der Waals surface area contributed by atoms with Gasteiger partial charge < -0.3 is 9.72 Å². The lowest BCUT2D eigenvalue weighted by molar-refractivity contribution is 0.0475. The van der Waals surface area contributed by atoms with Crippen LogP contribution >= 0.6 is 11.6 Å². The molecule has 6 nitrogen and oxygen atoms in total. The molecule has 0 saturated heterocycles. The van der Waals surface area contributed by atoms with Crippen molar-refractivity contribution in [2.75, 3.05) is 12.9 Å². The Kier molecular flexibility index (Phi) is 4.84. The van der Waals surface area contributed by atoms with Crippen molar-refractivity contribution in [1.82, 2.24) is 4.98 Å². The molecule has 2 aromatic carbocycles. The number of H-pyrrole nitrogens is 1. The second-order valence-electron chi connectivity index (χ2n) is 5.66. The van der Waals surface area contributed by atoms with Gasteiger partial charge in [0.05, 0.1) is 15.5 Å². The quantitative estimate of drug-likeness (QED) is 0.532. The second-order valence-corrected chi connectivity index (χ2v) is 8.08. The lowest BCUT2D eigenvalue weighted by Gasteiger charge is -2.07. The average molecular weight is 392 g/mol. The molecule has 0 aliphatic heterocycles. The van der Waals surface area contributed by atoms with Crippen LogP contribution in [-0.2, 0) is 14.6 Å². The molecule has 8 heteroatoms. The smallest absolute Gasteiger partial charge is 0.340 e. The molecule has 1 N–H and O–H groups in total. The van der Waals surface area contributed by atoms with Gasteiger partial charge in [-0.3, -0.25) is 4.79 Å². The molecule has 0 unspecified atom stereocenters. The number of aromatic nitrogens is 1. The average Bonchev–Trinajstić information content (AvgIpc) is 3.03. The molecular formula is C18H14ClNO5S. The first-order chi connectivity index (χ1) is 12.3. The molecule has 3 aromatic rings. The number of aromatic amines is 1. The fraction of sp³-hybridized carbons (Fsp3) is 0.111. The second kappa shape index (κ2) is 6.93. The minimum Gasteiger partial charge on any atom is -0.454 e. The molecule has 134 valence electrons. The van der Waals surface area contributed by atoms with Gasteiger partial charge in [0.1, 0.15) is 0 Å². The van der Waals surface area contributed by atoms with Crippen molar-refractivity contribution in [3.63, 3.8) is 0 Å². The van der Waals surface area contributed by atoms with E-state index in [2.05, 4.69) is 4.98 Å². The fourth-order valence-corrected chi connectivity index (χ4v) is 3.32. The van der Waals surface area contributed by atoms with E-state index in [9.17, 15) is 18.0 Å². The minimum absolute atomic E-state index is 0.0435. The van der Waals surface area contributed by atoms with Gasteiger partial charge in [-0.05, 0) is 24.3 Å². The number of hydrogen-bond donors (Lipinski definition) is 1. The van der Waals surface area contributed by atoms with Crippen LogP contribution < -0.4 is 0 Å². The Morgan fingerprint density at radius 3 is 2.58 bits per heavy atom. The molecule has 1 aromatic heterocycles. The summed E-state index contributed by atoms with van der Waals surface area (Å²) in [5.74, 6) is -1.25. The first-order valence-corrected chi connectivity index (χ1v) is 9.80. The topological polar surface area (TPSA) is 93.3 Å². The van der Waals surface area contributed by atoms with Gasteiger partial charge in [0.15, 0.2) is 16.4 Å². The molecule has 0 aliphatic rings. The first-order valence-electron chi connectivity index (χ1n) is 7.53. The number of carbonyl (C=O) groups excluding carboxylic acids is 2. The number of ether oxygens (including phenoxy) is 1. The van der Waals surface area contributed by atoms with Crippen LogP contribution in [0, 0.1) is 0 Å². The van der Waals surface area contributed by atoms with Gasteiger partial charge in [-0.1, -0.05) is 29.8 Å². The van der Waals surface area contributed by atoms with Crippen LogP contribution in [0.25, 0.3) is 10.9 Å². The Hall–Kier alpha value is -2.64. The number of nitrogens with one attached hydrogen (secondary N) is 1. The highest BCUT2D eigenvalue weighted by Gasteiger charge is 2.19. The van der Waals surface area contributed by atoms with Crippen LogP contribution in [0.15, 0.2) is 53.6 Å². The lowest BCUT2D eigenvalue weighted by Crippen LogP contribution is -2.15. The molecule has 0 saturated carbocycles. The van der Waals surface area contributed by atoms with Crippen LogP contribution in [0.4, 0.5) is 0 Å². The van der Waals surface area contributed by atoms with Crippen molar-refractivity contribution < 1.29 is 22.7 Å². The summed E-state index contributed by atoms with van der Waals surface area (Å²) >= 11 is 5.95. The highest BCUT2D eigenvalue weighted by Crippen LogP contribution is 2.22. The van der Waals surface area contributed by atoms with E-state index in [0.29, 0.717) is 5.56 Å². The molecule has 0 fully saturated rings. The Bertz CT molecular complexity index is 1120. The molecule has 0 radical (unpaired) electrons. The Morgan fingerprint density at radius 1 is 1.12 bits per heavy atom. The van der Waals surface area contributed by atoms with E-state index in [1.807, 2.05) is 12.1 Å². The van der Waals surface area contributed by atoms with Gasteiger partial charge in [0.25, 0.3) is 0 Å².